The van der Waals surface area contributed by atoms with Crippen LogP contribution in [0.15, 0.2) is 26.3 Å². The smallest absolute Gasteiger partial charge is 0.333 e. The molecular formula is C11H15BrN4O3. The first-order valence-corrected chi connectivity index (χ1v) is 6.44. The molecule has 0 saturated carbocycles. The Bertz CT molecular complexity index is 484. The van der Waals surface area contributed by atoms with Crippen molar-refractivity contribution < 1.29 is 13.9 Å². The maximum atomic E-state index is 11.9. The lowest BCUT2D eigenvalue weighted by Gasteiger charge is -2.25. The molecule has 1 heterocycles. The minimum atomic E-state index is -1.07. The minimum Gasteiger partial charge on any atom is -0.467 e. The number of carbonyl (C=O) groups is 1. The Labute approximate surface area is 119 Å². The van der Waals surface area contributed by atoms with E-state index in [0.717, 1.165) is 0 Å². The fourth-order valence-electron chi connectivity index (χ4n) is 1.58. The third-order valence-electron chi connectivity index (χ3n) is 2.64. The van der Waals surface area contributed by atoms with Crippen LogP contribution < -0.4 is 5.32 Å². The molecule has 8 heteroatoms. The second-order valence-electron chi connectivity index (χ2n) is 3.96. The number of carbonyl (C=O) groups excluding carboxylic acids is 1. The van der Waals surface area contributed by atoms with Gasteiger partial charge in [-0.25, -0.2) is 4.79 Å². The van der Waals surface area contributed by atoms with E-state index in [1.165, 1.54) is 7.11 Å². The van der Waals surface area contributed by atoms with Gasteiger partial charge in [0.25, 0.3) is 0 Å². The summed E-state index contributed by atoms with van der Waals surface area (Å²) in [5.41, 5.74) is 7.10. The van der Waals surface area contributed by atoms with Crippen molar-refractivity contribution in [3.63, 3.8) is 0 Å². The lowest BCUT2D eigenvalue weighted by Crippen LogP contribution is -2.47. The zero-order chi connectivity index (χ0) is 14.3. The first kappa shape index (κ1) is 15.6. The summed E-state index contributed by atoms with van der Waals surface area (Å²) in [5.74, 6) is 0.00754. The standard InChI is InChI=1S/C11H15BrN4O3/c1-11(10(17)18-2,8-4-5-9(12)19-8)14-6-3-7-15-16-13/h4-5,14H,3,6-7H2,1-2H3. The van der Waals surface area contributed by atoms with E-state index in [4.69, 9.17) is 14.7 Å². The van der Waals surface area contributed by atoms with Crippen LogP contribution in [0.5, 0.6) is 0 Å². The molecule has 0 aliphatic heterocycles. The fourth-order valence-corrected chi connectivity index (χ4v) is 1.89. The zero-order valence-electron chi connectivity index (χ0n) is 10.7. The van der Waals surface area contributed by atoms with Gasteiger partial charge in [-0.3, -0.25) is 5.32 Å². The van der Waals surface area contributed by atoms with Gasteiger partial charge >= 0.3 is 5.97 Å². The van der Waals surface area contributed by atoms with Gasteiger partial charge in [-0.15, -0.1) is 0 Å². The predicted molar refractivity (Wildman–Crippen MR) is 72.4 cm³/mol. The molecule has 1 rings (SSSR count). The Kier molecular flexibility index (Phi) is 5.88. The van der Waals surface area contributed by atoms with Crippen molar-refractivity contribution in [2.45, 2.75) is 18.9 Å². The van der Waals surface area contributed by atoms with Crippen molar-refractivity contribution >= 4 is 21.9 Å². The number of ether oxygens (including phenoxy) is 1. The average Bonchev–Trinajstić information content (AvgIpc) is 2.84. The molecule has 104 valence electrons. The van der Waals surface area contributed by atoms with Gasteiger partial charge in [-0.05, 0) is 53.5 Å². The topological polar surface area (TPSA) is 100 Å². The summed E-state index contributed by atoms with van der Waals surface area (Å²) in [4.78, 5) is 14.6. The number of methoxy groups -OCH3 is 1. The van der Waals surface area contributed by atoms with E-state index in [2.05, 4.69) is 31.3 Å². The molecule has 1 N–H and O–H groups in total. The molecule has 1 atom stereocenters. The van der Waals surface area contributed by atoms with Crippen molar-refractivity contribution in [1.29, 1.82) is 0 Å². The van der Waals surface area contributed by atoms with E-state index < -0.39 is 11.5 Å². The van der Waals surface area contributed by atoms with Crippen LogP contribution in [0.1, 0.15) is 19.1 Å². The molecule has 0 radical (unpaired) electrons. The number of hydrogen-bond donors (Lipinski definition) is 1. The lowest BCUT2D eigenvalue weighted by atomic mass is 9.99. The minimum absolute atomic E-state index is 0.364. The normalized spacial score (nSPS) is 13.4. The van der Waals surface area contributed by atoms with Crippen LogP contribution in [-0.4, -0.2) is 26.2 Å². The molecular weight excluding hydrogens is 316 g/mol. The Hall–Kier alpha value is -1.50. The summed E-state index contributed by atoms with van der Waals surface area (Å²) >= 11 is 3.20. The number of azide groups is 1. The number of nitrogens with one attached hydrogen (secondary N) is 1. The van der Waals surface area contributed by atoms with Gasteiger partial charge in [-0.2, -0.15) is 0 Å². The fraction of sp³-hybridized carbons (Fsp3) is 0.545. The Balaban J connectivity index is 2.76. The monoisotopic (exact) mass is 330 g/mol. The molecule has 0 spiro atoms. The third kappa shape index (κ3) is 3.99. The molecule has 0 saturated heterocycles. The van der Waals surface area contributed by atoms with E-state index in [-0.39, 0.29) is 0 Å². The van der Waals surface area contributed by atoms with Crippen molar-refractivity contribution in [3.8, 4) is 0 Å². The highest BCUT2D eigenvalue weighted by molar-refractivity contribution is 9.10. The molecule has 0 aliphatic rings. The number of rotatable bonds is 7. The van der Waals surface area contributed by atoms with Gasteiger partial charge in [0.05, 0.1) is 7.11 Å². The average molecular weight is 331 g/mol. The van der Waals surface area contributed by atoms with E-state index in [9.17, 15) is 4.79 Å². The number of hydrogen-bond acceptors (Lipinski definition) is 5. The quantitative estimate of drug-likeness (QED) is 0.273. The molecule has 7 nitrogen and oxygen atoms in total. The Morgan fingerprint density at radius 2 is 2.42 bits per heavy atom. The van der Waals surface area contributed by atoms with E-state index in [1.807, 2.05) is 0 Å². The molecule has 1 aromatic heterocycles. The molecule has 1 aromatic rings. The van der Waals surface area contributed by atoms with Gasteiger partial charge < -0.3 is 9.15 Å². The number of furan rings is 1. The second kappa shape index (κ2) is 7.18. The first-order chi connectivity index (χ1) is 9.04. The number of halogens is 1. The number of nitrogens with zero attached hydrogens (tertiary/aromatic N) is 3. The SMILES string of the molecule is COC(=O)C(C)(NCCCN=[N+]=[N-])c1ccc(Br)o1. The van der Waals surface area contributed by atoms with Gasteiger partial charge in [0, 0.05) is 11.5 Å². The Morgan fingerprint density at radius 3 is 2.95 bits per heavy atom. The highest BCUT2D eigenvalue weighted by atomic mass is 79.9. The molecule has 1 unspecified atom stereocenters. The summed E-state index contributed by atoms with van der Waals surface area (Å²) in [5, 5.41) is 6.49. The lowest BCUT2D eigenvalue weighted by molar-refractivity contribution is -0.149. The summed E-state index contributed by atoms with van der Waals surface area (Å²) in [6.45, 7) is 2.53. The van der Waals surface area contributed by atoms with Crippen molar-refractivity contribution in [3.05, 3.63) is 33.0 Å². The van der Waals surface area contributed by atoms with Gasteiger partial charge in [0.2, 0.25) is 0 Å². The van der Waals surface area contributed by atoms with Crippen LogP contribution in [0, 0.1) is 0 Å². The van der Waals surface area contributed by atoms with Crippen molar-refractivity contribution in [1.82, 2.24) is 5.32 Å². The molecule has 19 heavy (non-hydrogen) atoms. The van der Waals surface area contributed by atoms with Crippen LogP contribution >= 0.6 is 15.9 Å². The van der Waals surface area contributed by atoms with E-state index >= 15 is 0 Å². The second-order valence-corrected chi connectivity index (χ2v) is 4.74. The number of esters is 1. The van der Waals surface area contributed by atoms with Crippen LogP contribution in [0.3, 0.4) is 0 Å². The molecule has 0 aliphatic carbocycles. The van der Waals surface area contributed by atoms with E-state index in [1.54, 1.807) is 19.1 Å². The predicted octanol–water partition coefficient (Wildman–Crippen LogP) is 2.72. The highest BCUT2D eigenvalue weighted by Gasteiger charge is 2.38. The largest absolute Gasteiger partial charge is 0.467 e. The first-order valence-electron chi connectivity index (χ1n) is 5.64. The van der Waals surface area contributed by atoms with Crippen LogP contribution in [0.25, 0.3) is 10.4 Å². The van der Waals surface area contributed by atoms with Crippen molar-refractivity contribution in [2.24, 2.45) is 5.11 Å². The summed E-state index contributed by atoms with van der Waals surface area (Å²) < 4.78 is 10.8. The van der Waals surface area contributed by atoms with Crippen LogP contribution in [0.4, 0.5) is 0 Å². The van der Waals surface area contributed by atoms with Gasteiger partial charge in [-0.1, -0.05) is 5.11 Å². The maximum absolute atomic E-state index is 11.9. The van der Waals surface area contributed by atoms with E-state index in [0.29, 0.717) is 29.9 Å². The van der Waals surface area contributed by atoms with Gasteiger partial charge in [0.1, 0.15) is 5.76 Å². The van der Waals surface area contributed by atoms with Crippen molar-refractivity contribution in [2.75, 3.05) is 20.2 Å². The Morgan fingerprint density at radius 1 is 1.68 bits per heavy atom. The molecule has 0 amide bonds. The zero-order valence-corrected chi connectivity index (χ0v) is 12.3. The highest BCUT2D eigenvalue weighted by Crippen LogP contribution is 2.26. The van der Waals surface area contributed by atoms with Crippen LogP contribution in [0.2, 0.25) is 0 Å². The summed E-state index contributed by atoms with van der Waals surface area (Å²) in [6.07, 6.45) is 0.610. The molecule has 0 bridgehead atoms. The van der Waals surface area contributed by atoms with Crippen LogP contribution in [-0.2, 0) is 15.1 Å². The summed E-state index contributed by atoms with van der Waals surface area (Å²) in [7, 11) is 1.32. The molecule has 0 aromatic carbocycles. The third-order valence-corrected chi connectivity index (χ3v) is 3.06. The maximum Gasteiger partial charge on any atom is 0.333 e. The summed E-state index contributed by atoms with van der Waals surface area (Å²) in [6, 6.07) is 3.40. The molecule has 0 fully saturated rings. The van der Waals surface area contributed by atoms with Gasteiger partial charge in [0.15, 0.2) is 10.2 Å².